The monoisotopic (exact) mass is 384 g/mol. The minimum absolute atomic E-state index is 0.0372. The van der Waals surface area contributed by atoms with Crippen molar-refractivity contribution in [3.8, 4) is 5.75 Å². The molecule has 2 rings (SSSR count). The molecule has 0 bridgehead atoms. The Bertz CT molecular complexity index is 833. The largest absolute Gasteiger partial charge is 0.497 e. The van der Waals surface area contributed by atoms with Gasteiger partial charge in [0.2, 0.25) is 11.8 Å². The van der Waals surface area contributed by atoms with Crippen LogP contribution in [0, 0.1) is 0 Å². The summed E-state index contributed by atoms with van der Waals surface area (Å²) < 4.78 is 5.12. The van der Waals surface area contributed by atoms with Crippen LogP contribution in [0.1, 0.15) is 29.3 Å². The smallest absolute Gasteiger partial charge is 0.335 e. The van der Waals surface area contributed by atoms with Crippen molar-refractivity contribution in [1.82, 2.24) is 4.90 Å². The van der Waals surface area contributed by atoms with E-state index in [9.17, 15) is 14.4 Å². The Balaban J connectivity index is 1.87. The van der Waals surface area contributed by atoms with Gasteiger partial charge >= 0.3 is 5.97 Å². The summed E-state index contributed by atoms with van der Waals surface area (Å²) in [5.41, 5.74) is 1.68. The highest BCUT2D eigenvalue weighted by atomic mass is 16.5. The van der Waals surface area contributed by atoms with Crippen LogP contribution in [0.25, 0.3) is 0 Å². The number of rotatable bonds is 9. The van der Waals surface area contributed by atoms with Crippen LogP contribution in [-0.2, 0) is 16.0 Å². The first-order chi connectivity index (χ1) is 13.4. The molecule has 148 valence electrons. The van der Waals surface area contributed by atoms with Crippen molar-refractivity contribution in [2.24, 2.45) is 0 Å². The van der Waals surface area contributed by atoms with Gasteiger partial charge in [-0.15, -0.1) is 0 Å². The van der Waals surface area contributed by atoms with Gasteiger partial charge in [-0.2, -0.15) is 0 Å². The van der Waals surface area contributed by atoms with Crippen LogP contribution >= 0.6 is 0 Å². The zero-order valence-corrected chi connectivity index (χ0v) is 16.0. The lowest BCUT2D eigenvalue weighted by molar-refractivity contribution is -0.134. The van der Waals surface area contributed by atoms with Crippen molar-refractivity contribution in [1.29, 1.82) is 0 Å². The molecular formula is C21H24N2O5. The van der Waals surface area contributed by atoms with Crippen molar-refractivity contribution in [2.45, 2.75) is 19.8 Å². The van der Waals surface area contributed by atoms with Crippen LogP contribution in [0.4, 0.5) is 5.69 Å². The van der Waals surface area contributed by atoms with Gasteiger partial charge in [-0.1, -0.05) is 18.2 Å². The summed E-state index contributed by atoms with van der Waals surface area (Å²) in [5.74, 6) is -0.767. The Morgan fingerprint density at radius 2 is 1.82 bits per heavy atom. The van der Waals surface area contributed by atoms with Crippen molar-refractivity contribution in [3.05, 3.63) is 59.7 Å². The minimum atomic E-state index is -0.984. The molecule has 0 aliphatic carbocycles. The molecule has 7 heteroatoms. The number of aryl methyl sites for hydroxylation is 1. The second-order valence-corrected chi connectivity index (χ2v) is 6.19. The lowest BCUT2D eigenvalue weighted by atomic mass is 10.1. The number of carboxylic acids is 1. The Morgan fingerprint density at radius 3 is 2.43 bits per heavy atom. The second-order valence-electron chi connectivity index (χ2n) is 6.19. The van der Waals surface area contributed by atoms with Gasteiger partial charge in [0.25, 0.3) is 0 Å². The molecule has 2 N–H and O–H groups in total. The minimum Gasteiger partial charge on any atom is -0.497 e. The Labute approximate surface area is 163 Å². The number of nitrogens with one attached hydrogen (secondary N) is 1. The molecule has 0 atom stereocenters. The van der Waals surface area contributed by atoms with Crippen molar-refractivity contribution >= 4 is 23.5 Å². The zero-order valence-electron chi connectivity index (χ0n) is 16.0. The van der Waals surface area contributed by atoms with E-state index >= 15 is 0 Å². The summed E-state index contributed by atoms with van der Waals surface area (Å²) in [6.45, 7) is 2.20. The van der Waals surface area contributed by atoms with E-state index in [0.717, 1.165) is 5.56 Å². The number of methoxy groups -OCH3 is 1. The Hall–Kier alpha value is -3.35. The highest BCUT2D eigenvalue weighted by molar-refractivity contribution is 5.94. The van der Waals surface area contributed by atoms with Crippen molar-refractivity contribution in [3.63, 3.8) is 0 Å². The van der Waals surface area contributed by atoms with Gasteiger partial charge in [0.1, 0.15) is 5.75 Å². The fourth-order valence-corrected chi connectivity index (χ4v) is 2.67. The topological polar surface area (TPSA) is 95.9 Å². The molecule has 0 fully saturated rings. The maximum Gasteiger partial charge on any atom is 0.335 e. The number of carboxylic acid groups (broad SMARTS) is 1. The van der Waals surface area contributed by atoms with Crippen LogP contribution in [0.5, 0.6) is 5.75 Å². The van der Waals surface area contributed by atoms with E-state index in [1.165, 1.54) is 17.0 Å². The number of anilines is 1. The highest BCUT2D eigenvalue weighted by Gasteiger charge is 2.16. The number of nitrogens with zero attached hydrogens (tertiary/aromatic N) is 1. The maximum absolute atomic E-state index is 12.4. The first-order valence-corrected chi connectivity index (χ1v) is 8.96. The van der Waals surface area contributed by atoms with Gasteiger partial charge in [-0.05, 0) is 43.2 Å². The molecule has 0 unspecified atom stereocenters. The molecule has 28 heavy (non-hydrogen) atoms. The number of benzene rings is 2. The van der Waals surface area contributed by atoms with E-state index in [0.29, 0.717) is 24.4 Å². The predicted octanol–water partition coefficient (Wildman–Crippen LogP) is 2.81. The van der Waals surface area contributed by atoms with E-state index in [1.54, 1.807) is 43.5 Å². The van der Waals surface area contributed by atoms with Crippen molar-refractivity contribution < 1.29 is 24.2 Å². The number of hydrogen-bond acceptors (Lipinski definition) is 4. The van der Waals surface area contributed by atoms with Gasteiger partial charge < -0.3 is 20.1 Å². The Kier molecular flexibility index (Phi) is 7.56. The third-order valence-electron chi connectivity index (χ3n) is 4.25. The number of hydrogen-bond donors (Lipinski definition) is 2. The number of ether oxygens (including phenoxy) is 1. The van der Waals surface area contributed by atoms with Crippen LogP contribution in [0.2, 0.25) is 0 Å². The van der Waals surface area contributed by atoms with E-state index in [-0.39, 0.29) is 30.3 Å². The third-order valence-corrected chi connectivity index (χ3v) is 4.25. The Morgan fingerprint density at radius 1 is 1.11 bits per heavy atom. The maximum atomic E-state index is 12.4. The van der Waals surface area contributed by atoms with Crippen molar-refractivity contribution in [2.75, 3.05) is 25.5 Å². The number of amides is 2. The molecule has 0 radical (unpaired) electrons. The molecule has 0 heterocycles. The third kappa shape index (κ3) is 6.12. The molecule has 0 saturated heterocycles. The lowest BCUT2D eigenvalue weighted by Gasteiger charge is -2.20. The van der Waals surface area contributed by atoms with Gasteiger partial charge in [0.15, 0.2) is 0 Å². The van der Waals surface area contributed by atoms with Crippen LogP contribution in [-0.4, -0.2) is 48.0 Å². The van der Waals surface area contributed by atoms with Crippen LogP contribution in [0.15, 0.2) is 48.5 Å². The molecule has 2 amide bonds. The number of carbonyl (C=O) groups excluding carboxylic acids is 2. The molecule has 7 nitrogen and oxygen atoms in total. The first kappa shape index (κ1) is 21.0. The van der Waals surface area contributed by atoms with E-state index in [1.807, 2.05) is 6.92 Å². The summed E-state index contributed by atoms with van der Waals surface area (Å²) in [6, 6.07) is 13.4. The summed E-state index contributed by atoms with van der Waals surface area (Å²) in [7, 11) is 1.55. The fraction of sp³-hybridized carbons (Fsp3) is 0.286. The van der Waals surface area contributed by atoms with Gasteiger partial charge in [-0.25, -0.2) is 4.79 Å². The van der Waals surface area contributed by atoms with Gasteiger partial charge in [0.05, 0.1) is 19.2 Å². The molecule has 0 aliphatic rings. The standard InChI is InChI=1S/C21H24N2O5/c1-3-23(14-19(24)22-17-5-4-6-18(13-17)28-2)20(25)12-9-15-7-10-16(11-8-15)21(26)27/h4-8,10-11,13H,3,9,12,14H2,1-2H3,(H,22,24)(H,26,27). The molecule has 0 spiro atoms. The van der Waals surface area contributed by atoms with Crippen LogP contribution in [0.3, 0.4) is 0 Å². The van der Waals surface area contributed by atoms with Crippen LogP contribution < -0.4 is 10.1 Å². The fourth-order valence-electron chi connectivity index (χ4n) is 2.67. The summed E-state index contributed by atoms with van der Waals surface area (Å²) in [6.07, 6.45) is 0.722. The van der Waals surface area contributed by atoms with E-state index < -0.39 is 5.97 Å². The molecule has 0 saturated carbocycles. The molecule has 0 aliphatic heterocycles. The molecular weight excluding hydrogens is 360 g/mol. The number of aromatic carboxylic acids is 1. The SMILES string of the molecule is CCN(CC(=O)Nc1cccc(OC)c1)C(=O)CCc1ccc(C(=O)O)cc1. The predicted molar refractivity (Wildman–Crippen MR) is 106 cm³/mol. The quantitative estimate of drug-likeness (QED) is 0.693. The molecule has 2 aromatic rings. The summed E-state index contributed by atoms with van der Waals surface area (Å²) >= 11 is 0. The average molecular weight is 384 g/mol. The average Bonchev–Trinajstić information content (AvgIpc) is 2.70. The number of likely N-dealkylation sites (N-methyl/N-ethyl adjacent to an activating group) is 1. The van der Waals surface area contributed by atoms with Gasteiger partial charge in [-0.3, -0.25) is 9.59 Å². The summed E-state index contributed by atoms with van der Waals surface area (Å²) in [4.78, 5) is 37.1. The molecule has 2 aromatic carbocycles. The number of carbonyl (C=O) groups is 3. The van der Waals surface area contributed by atoms with Gasteiger partial charge in [0, 0.05) is 24.7 Å². The highest BCUT2D eigenvalue weighted by Crippen LogP contribution is 2.16. The normalized spacial score (nSPS) is 10.2. The van der Waals surface area contributed by atoms with E-state index in [4.69, 9.17) is 9.84 Å². The summed E-state index contributed by atoms with van der Waals surface area (Å²) in [5, 5.41) is 11.7. The molecule has 0 aromatic heterocycles. The zero-order chi connectivity index (χ0) is 20.5. The lowest BCUT2D eigenvalue weighted by Crippen LogP contribution is -2.38. The first-order valence-electron chi connectivity index (χ1n) is 8.96. The second kappa shape index (κ2) is 10.1. The van der Waals surface area contributed by atoms with E-state index in [2.05, 4.69) is 5.32 Å².